The number of carbonyl (C=O) groups is 2. The predicted molar refractivity (Wildman–Crippen MR) is 85.8 cm³/mol. The average molecular weight is 341 g/mol. The van der Waals surface area contributed by atoms with E-state index in [4.69, 9.17) is 18.9 Å². The van der Waals surface area contributed by atoms with Crippen LogP contribution in [0.3, 0.4) is 0 Å². The van der Waals surface area contributed by atoms with Crippen LogP contribution in [0.1, 0.15) is 32.4 Å². The SMILES string of the molecule is COc1ccc([C@H](NC(=O)OC(C)(C)C)C(=O)O)c(OC)c1OC. The van der Waals surface area contributed by atoms with Crippen molar-refractivity contribution in [1.29, 1.82) is 0 Å². The van der Waals surface area contributed by atoms with Crippen molar-refractivity contribution < 1.29 is 33.6 Å². The van der Waals surface area contributed by atoms with Gasteiger partial charge in [0.2, 0.25) is 5.75 Å². The number of aliphatic carboxylic acids is 1. The first-order valence-corrected chi connectivity index (χ1v) is 7.15. The molecule has 0 radical (unpaired) electrons. The van der Waals surface area contributed by atoms with Gasteiger partial charge in [-0.25, -0.2) is 9.59 Å². The summed E-state index contributed by atoms with van der Waals surface area (Å²) in [5.41, 5.74) is -0.553. The molecule has 0 aliphatic heterocycles. The van der Waals surface area contributed by atoms with Crippen molar-refractivity contribution in [1.82, 2.24) is 5.32 Å². The summed E-state index contributed by atoms with van der Waals surface area (Å²) in [5, 5.41) is 11.8. The summed E-state index contributed by atoms with van der Waals surface area (Å²) in [6.45, 7) is 5.04. The van der Waals surface area contributed by atoms with Gasteiger partial charge in [-0.1, -0.05) is 0 Å². The third-order valence-electron chi connectivity index (χ3n) is 2.95. The quantitative estimate of drug-likeness (QED) is 0.818. The summed E-state index contributed by atoms with van der Waals surface area (Å²) in [5.74, 6) is -0.513. The number of amides is 1. The minimum absolute atomic E-state index is 0.153. The van der Waals surface area contributed by atoms with Crippen LogP contribution in [-0.4, -0.2) is 44.1 Å². The zero-order chi connectivity index (χ0) is 18.5. The van der Waals surface area contributed by atoms with E-state index in [1.807, 2.05) is 0 Å². The second-order valence-corrected chi connectivity index (χ2v) is 5.84. The second kappa shape index (κ2) is 7.76. The average Bonchev–Trinajstić information content (AvgIpc) is 2.48. The summed E-state index contributed by atoms with van der Waals surface area (Å²) in [6.07, 6.45) is -0.855. The molecule has 0 bridgehead atoms. The summed E-state index contributed by atoms with van der Waals surface area (Å²) in [4.78, 5) is 23.6. The lowest BCUT2D eigenvalue weighted by Gasteiger charge is -2.23. The van der Waals surface area contributed by atoms with E-state index in [-0.39, 0.29) is 17.1 Å². The highest BCUT2D eigenvalue weighted by molar-refractivity contribution is 5.83. The summed E-state index contributed by atoms with van der Waals surface area (Å²) in [7, 11) is 4.22. The molecular formula is C16H23NO7. The van der Waals surface area contributed by atoms with Crippen molar-refractivity contribution in [2.75, 3.05) is 21.3 Å². The molecule has 1 amide bonds. The molecule has 1 aromatic rings. The van der Waals surface area contributed by atoms with E-state index in [2.05, 4.69) is 5.32 Å². The Balaban J connectivity index is 3.26. The minimum atomic E-state index is -1.38. The van der Waals surface area contributed by atoms with Crippen molar-refractivity contribution in [2.45, 2.75) is 32.4 Å². The van der Waals surface area contributed by atoms with Gasteiger partial charge in [0.1, 0.15) is 5.60 Å². The standard InChI is InChI=1S/C16H23NO7/c1-16(2,3)24-15(20)17-11(14(18)19)9-7-8-10(21-4)13(23-6)12(9)22-5/h7-8,11H,1-6H3,(H,17,20)(H,18,19)/t11-/m0/s1. The van der Waals surface area contributed by atoms with Gasteiger partial charge in [0.15, 0.2) is 17.5 Å². The van der Waals surface area contributed by atoms with E-state index in [0.29, 0.717) is 5.75 Å². The lowest BCUT2D eigenvalue weighted by molar-refractivity contribution is -0.139. The molecule has 0 saturated carbocycles. The van der Waals surface area contributed by atoms with Gasteiger partial charge in [0.05, 0.1) is 21.3 Å². The molecule has 0 spiro atoms. The van der Waals surface area contributed by atoms with E-state index < -0.39 is 23.7 Å². The van der Waals surface area contributed by atoms with Gasteiger partial charge in [0.25, 0.3) is 0 Å². The monoisotopic (exact) mass is 341 g/mol. The number of alkyl carbamates (subject to hydrolysis) is 1. The fourth-order valence-corrected chi connectivity index (χ4v) is 2.05. The second-order valence-electron chi connectivity index (χ2n) is 5.84. The number of carbonyl (C=O) groups excluding carboxylic acids is 1. The Kier molecular flexibility index (Phi) is 6.27. The van der Waals surface area contributed by atoms with E-state index >= 15 is 0 Å². The Morgan fingerprint density at radius 1 is 1.04 bits per heavy atom. The fraction of sp³-hybridized carbons (Fsp3) is 0.500. The Morgan fingerprint density at radius 2 is 1.62 bits per heavy atom. The van der Waals surface area contributed by atoms with Crippen molar-refractivity contribution in [3.63, 3.8) is 0 Å². The van der Waals surface area contributed by atoms with Crippen LogP contribution in [-0.2, 0) is 9.53 Å². The molecule has 2 N–H and O–H groups in total. The lowest BCUT2D eigenvalue weighted by atomic mass is 10.0. The van der Waals surface area contributed by atoms with Crippen LogP contribution in [0, 0.1) is 0 Å². The van der Waals surface area contributed by atoms with Crippen LogP contribution in [0.5, 0.6) is 17.2 Å². The topological polar surface area (TPSA) is 103 Å². The van der Waals surface area contributed by atoms with Crippen LogP contribution in [0.25, 0.3) is 0 Å². The van der Waals surface area contributed by atoms with Gasteiger partial charge >= 0.3 is 12.1 Å². The molecule has 0 heterocycles. The van der Waals surface area contributed by atoms with Gasteiger partial charge in [-0.3, -0.25) is 0 Å². The molecule has 8 heteroatoms. The Labute approximate surface area is 140 Å². The fourth-order valence-electron chi connectivity index (χ4n) is 2.05. The number of hydrogen-bond donors (Lipinski definition) is 2. The molecule has 1 aromatic carbocycles. The Hall–Kier alpha value is -2.64. The van der Waals surface area contributed by atoms with Gasteiger partial charge in [-0.2, -0.15) is 0 Å². The lowest BCUT2D eigenvalue weighted by Crippen LogP contribution is -2.38. The molecule has 1 atom stereocenters. The molecule has 1 rings (SSSR count). The van der Waals surface area contributed by atoms with Crippen LogP contribution in [0.15, 0.2) is 12.1 Å². The van der Waals surface area contributed by atoms with Gasteiger partial charge < -0.3 is 29.4 Å². The number of nitrogens with one attached hydrogen (secondary N) is 1. The molecular weight excluding hydrogens is 318 g/mol. The highest BCUT2D eigenvalue weighted by atomic mass is 16.6. The molecule has 134 valence electrons. The normalized spacial score (nSPS) is 12.1. The molecule has 0 fully saturated rings. The molecule has 0 unspecified atom stereocenters. The summed E-state index contributed by atoms with van der Waals surface area (Å²) >= 11 is 0. The molecule has 0 saturated heterocycles. The van der Waals surface area contributed by atoms with E-state index in [9.17, 15) is 14.7 Å². The number of ether oxygens (including phenoxy) is 4. The number of benzene rings is 1. The van der Waals surface area contributed by atoms with Crippen molar-refractivity contribution in [2.24, 2.45) is 0 Å². The summed E-state index contributed by atoms with van der Waals surface area (Å²) < 4.78 is 20.8. The van der Waals surface area contributed by atoms with Gasteiger partial charge in [-0.15, -0.1) is 0 Å². The third kappa shape index (κ3) is 4.68. The first-order valence-electron chi connectivity index (χ1n) is 7.15. The maximum atomic E-state index is 11.9. The first-order chi connectivity index (χ1) is 11.1. The van der Waals surface area contributed by atoms with E-state index in [0.717, 1.165) is 0 Å². The summed E-state index contributed by atoms with van der Waals surface area (Å²) in [6, 6.07) is 1.63. The molecule has 0 aromatic heterocycles. The van der Waals surface area contributed by atoms with Crippen LogP contribution < -0.4 is 19.5 Å². The maximum absolute atomic E-state index is 11.9. The molecule has 0 aliphatic carbocycles. The number of rotatable bonds is 6. The third-order valence-corrected chi connectivity index (χ3v) is 2.95. The van der Waals surface area contributed by atoms with Gasteiger partial charge in [0, 0.05) is 5.56 Å². The van der Waals surface area contributed by atoms with Crippen molar-refractivity contribution >= 4 is 12.1 Å². The van der Waals surface area contributed by atoms with Gasteiger partial charge in [-0.05, 0) is 32.9 Å². The zero-order valence-electron chi connectivity index (χ0n) is 14.6. The first kappa shape index (κ1) is 19.4. The molecule has 0 aliphatic rings. The minimum Gasteiger partial charge on any atom is -0.493 e. The number of methoxy groups -OCH3 is 3. The Morgan fingerprint density at radius 3 is 2.04 bits per heavy atom. The smallest absolute Gasteiger partial charge is 0.408 e. The zero-order valence-corrected chi connectivity index (χ0v) is 14.6. The van der Waals surface area contributed by atoms with E-state index in [1.165, 1.54) is 33.5 Å². The largest absolute Gasteiger partial charge is 0.493 e. The Bertz CT molecular complexity index is 607. The van der Waals surface area contributed by atoms with Crippen LogP contribution in [0.2, 0.25) is 0 Å². The number of carboxylic acid groups (broad SMARTS) is 1. The highest BCUT2D eigenvalue weighted by Crippen LogP contribution is 2.42. The highest BCUT2D eigenvalue weighted by Gasteiger charge is 2.30. The number of hydrogen-bond acceptors (Lipinski definition) is 6. The number of carboxylic acids is 1. The van der Waals surface area contributed by atoms with Crippen molar-refractivity contribution in [3.05, 3.63) is 17.7 Å². The predicted octanol–water partition coefficient (Wildman–Crippen LogP) is 2.36. The molecule has 8 nitrogen and oxygen atoms in total. The van der Waals surface area contributed by atoms with Crippen molar-refractivity contribution in [3.8, 4) is 17.2 Å². The van der Waals surface area contributed by atoms with Crippen LogP contribution >= 0.6 is 0 Å². The maximum Gasteiger partial charge on any atom is 0.408 e. The van der Waals surface area contributed by atoms with E-state index in [1.54, 1.807) is 20.8 Å². The molecule has 24 heavy (non-hydrogen) atoms. The van der Waals surface area contributed by atoms with Crippen LogP contribution in [0.4, 0.5) is 4.79 Å².